The molecular weight excluding hydrogens is 436 g/mol. The fourth-order valence-electron chi connectivity index (χ4n) is 3.94. The molecule has 1 saturated carbocycles. The van der Waals surface area contributed by atoms with Crippen LogP contribution in [0.2, 0.25) is 0 Å². The molecule has 0 spiro atoms. The lowest BCUT2D eigenvalue weighted by Crippen LogP contribution is -2.43. The van der Waals surface area contributed by atoms with E-state index in [0.717, 1.165) is 53.8 Å². The number of benzene rings is 2. The van der Waals surface area contributed by atoms with Gasteiger partial charge in [-0.3, -0.25) is 4.79 Å². The Labute approximate surface area is 188 Å². The molecule has 1 heterocycles. The van der Waals surface area contributed by atoms with Crippen LogP contribution in [-0.4, -0.2) is 42.3 Å². The standard InChI is InChI=1S/C23H27ClN2O4S/c24-26(31(28,29)22-8-2-1-3-9-22)25-16-4-6-20(25)7-5-17-30-21-14-12-19(13-15-21)23(27)18-10-11-18/h1-3,8-9,12-15,18,20H,4-7,10-11,16-17H2/t20-/m1/s1. The summed E-state index contributed by atoms with van der Waals surface area (Å²) in [4.78, 5) is 12.3. The number of ether oxygens (including phenoxy) is 1. The smallest absolute Gasteiger partial charge is 0.270 e. The van der Waals surface area contributed by atoms with Gasteiger partial charge in [0.1, 0.15) is 5.75 Å². The minimum atomic E-state index is -3.78. The average molecular weight is 463 g/mol. The first-order valence-corrected chi connectivity index (χ1v) is 12.5. The molecule has 2 aliphatic rings. The lowest BCUT2D eigenvalue weighted by molar-refractivity contribution is 0.0967. The molecule has 1 atom stereocenters. The maximum absolute atomic E-state index is 12.8. The number of halogens is 1. The van der Waals surface area contributed by atoms with Gasteiger partial charge in [-0.15, -0.1) is 0 Å². The normalized spacial score (nSPS) is 19.6. The summed E-state index contributed by atoms with van der Waals surface area (Å²) < 4.78 is 32.3. The molecule has 166 valence electrons. The Hall–Kier alpha value is -1.93. The van der Waals surface area contributed by atoms with Crippen molar-refractivity contribution < 1.29 is 17.9 Å². The largest absolute Gasteiger partial charge is 0.494 e. The van der Waals surface area contributed by atoms with Crippen LogP contribution in [-0.2, 0) is 10.0 Å². The summed E-state index contributed by atoms with van der Waals surface area (Å²) in [7, 11) is -3.78. The zero-order valence-electron chi connectivity index (χ0n) is 17.3. The van der Waals surface area contributed by atoms with Crippen molar-refractivity contribution >= 4 is 27.6 Å². The Morgan fingerprint density at radius 3 is 2.45 bits per heavy atom. The summed E-state index contributed by atoms with van der Waals surface area (Å²) in [5.41, 5.74) is 0.748. The number of nitrogens with zero attached hydrogens (tertiary/aromatic N) is 2. The number of carbonyl (C=O) groups is 1. The van der Waals surface area contributed by atoms with Crippen molar-refractivity contribution in [3.05, 3.63) is 60.2 Å². The molecule has 6 nitrogen and oxygen atoms in total. The van der Waals surface area contributed by atoms with E-state index in [1.54, 1.807) is 35.3 Å². The van der Waals surface area contributed by atoms with Crippen molar-refractivity contribution in [2.75, 3.05) is 13.2 Å². The van der Waals surface area contributed by atoms with Crippen LogP contribution in [0.3, 0.4) is 0 Å². The van der Waals surface area contributed by atoms with E-state index in [2.05, 4.69) is 0 Å². The molecule has 1 aliphatic heterocycles. The van der Waals surface area contributed by atoms with E-state index in [-0.39, 0.29) is 22.6 Å². The van der Waals surface area contributed by atoms with Gasteiger partial charge in [0.25, 0.3) is 10.0 Å². The number of carbonyl (C=O) groups excluding carboxylic acids is 1. The third-order valence-electron chi connectivity index (χ3n) is 5.82. The molecule has 0 radical (unpaired) electrons. The SMILES string of the molecule is O=C(c1ccc(OCCC[C@H]2CCCN2N(Cl)S(=O)(=O)c2ccccc2)cc1)C1CC1. The molecule has 0 aromatic heterocycles. The molecule has 0 N–H and O–H groups in total. The lowest BCUT2D eigenvalue weighted by atomic mass is 10.1. The molecule has 1 aliphatic carbocycles. The van der Waals surface area contributed by atoms with Gasteiger partial charge in [-0.2, -0.15) is 0 Å². The van der Waals surface area contributed by atoms with E-state index >= 15 is 0 Å². The van der Waals surface area contributed by atoms with Crippen LogP contribution in [0.25, 0.3) is 0 Å². The quantitative estimate of drug-likeness (QED) is 0.292. The third-order valence-corrected chi connectivity index (χ3v) is 8.04. The van der Waals surface area contributed by atoms with Crippen LogP contribution in [0.5, 0.6) is 5.75 Å². The highest BCUT2D eigenvalue weighted by atomic mass is 35.5. The number of hydrogen-bond donors (Lipinski definition) is 0. The zero-order valence-corrected chi connectivity index (χ0v) is 18.9. The van der Waals surface area contributed by atoms with Gasteiger partial charge in [-0.25, -0.2) is 13.4 Å². The fraction of sp³-hybridized carbons (Fsp3) is 0.435. The third kappa shape index (κ3) is 5.29. The van der Waals surface area contributed by atoms with Gasteiger partial charge in [-0.05, 0) is 78.9 Å². The Balaban J connectivity index is 1.27. The van der Waals surface area contributed by atoms with Crippen LogP contribution in [0.4, 0.5) is 0 Å². The number of rotatable bonds is 10. The molecule has 2 aromatic rings. The van der Waals surface area contributed by atoms with E-state index in [1.165, 1.54) is 0 Å². The summed E-state index contributed by atoms with van der Waals surface area (Å²) in [5, 5.41) is 1.74. The van der Waals surface area contributed by atoms with Gasteiger partial charge in [0.2, 0.25) is 0 Å². The number of hydrogen-bond acceptors (Lipinski definition) is 5. The van der Waals surface area contributed by atoms with Crippen molar-refractivity contribution in [3.8, 4) is 5.75 Å². The van der Waals surface area contributed by atoms with Gasteiger partial charge in [-0.1, -0.05) is 18.2 Å². The first-order chi connectivity index (χ1) is 15.0. The topological polar surface area (TPSA) is 66.9 Å². The van der Waals surface area contributed by atoms with Crippen molar-refractivity contribution in [1.29, 1.82) is 0 Å². The summed E-state index contributed by atoms with van der Waals surface area (Å²) >= 11 is 6.30. The number of ketones is 1. The monoisotopic (exact) mass is 462 g/mol. The molecular formula is C23H27ClN2O4S. The zero-order chi connectivity index (χ0) is 21.8. The second-order valence-electron chi connectivity index (χ2n) is 8.13. The van der Waals surface area contributed by atoms with Crippen LogP contribution in [0.15, 0.2) is 59.5 Å². The van der Waals surface area contributed by atoms with Gasteiger partial charge in [0.05, 0.1) is 11.5 Å². The Morgan fingerprint density at radius 2 is 1.77 bits per heavy atom. The highest BCUT2D eigenvalue weighted by Gasteiger charge is 2.36. The first kappa shape index (κ1) is 22.3. The molecule has 0 amide bonds. The van der Waals surface area contributed by atoms with Crippen molar-refractivity contribution in [1.82, 2.24) is 8.94 Å². The average Bonchev–Trinajstić information content (AvgIpc) is 3.55. The minimum absolute atomic E-state index is 0.0538. The molecule has 31 heavy (non-hydrogen) atoms. The van der Waals surface area contributed by atoms with Crippen LogP contribution in [0, 0.1) is 5.92 Å². The predicted octanol–water partition coefficient (Wildman–Crippen LogP) is 4.66. The van der Waals surface area contributed by atoms with Crippen molar-refractivity contribution in [2.45, 2.75) is 49.5 Å². The van der Waals surface area contributed by atoms with Crippen molar-refractivity contribution in [2.24, 2.45) is 5.92 Å². The maximum Gasteiger partial charge on any atom is 0.270 e. The fourth-order valence-corrected chi connectivity index (χ4v) is 5.55. The molecule has 4 rings (SSSR count). The van der Waals surface area contributed by atoms with E-state index in [4.69, 9.17) is 16.5 Å². The highest BCUT2D eigenvalue weighted by Crippen LogP contribution is 2.33. The van der Waals surface area contributed by atoms with Gasteiger partial charge in [0, 0.05) is 35.8 Å². The Kier molecular flexibility index (Phi) is 6.96. The van der Waals surface area contributed by atoms with Gasteiger partial charge < -0.3 is 4.74 Å². The van der Waals surface area contributed by atoms with E-state index in [0.29, 0.717) is 13.2 Å². The van der Waals surface area contributed by atoms with Crippen molar-refractivity contribution in [3.63, 3.8) is 0 Å². The first-order valence-electron chi connectivity index (χ1n) is 10.8. The summed E-state index contributed by atoms with van der Waals surface area (Å²) in [6.45, 7) is 1.13. The van der Waals surface area contributed by atoms with Crippen LogP contribution in [0.1, 0.15) is 48.9 Å². The number of sulfonamides is 1. The van der Waals surface area contributed by atoms with Crippen LogP contribution < -0.4 is 4.74 Å². The molecule has 0 unspecified atom stereocenters. The molecule has 1 saturated heterocycles. The van der Waals surface area contributed by atoms with Gasteiger partial charge in [0.15, 0.2) is 5.78 Å². The lowest BCUT2D eigenvalue weighted by Gasteiger charge is -2.30. The minimum Gasteiger partial charge on any atom is -0.494 e. The Morgan fingerprint density at radius 1 is 1.06 bits per heavy atom. The molecule has 2 aromatic carbocycles. The summed E-state index contributed by atoms with van der Waals surface area (Å²) in [6.07, 6.45) is 5.36. The van der Waals surface area contributed by atoms with E-state index in [1.807, 2.05) is 24.3 Å². The number of hydrazine groups is 1. The maximum atomic E-state index is 12.8. The second kappa shape index (κ2) is 9.69. The highest BCUT2D eigenvalue weighted by molar-refractivity contribution is 7.90. The van der Waals surface area contributed by atoms with E-state index in [9.17, 15) is 13.2 Å². The Bertz CT molecular complexity index is 994. The summed E-state index contributed by atoms with van der Waals surface area (Å²) in [6, 6.07) is 15.6. The molecule has 0 bridgehead atoms. The van der Waals surface area contributed by atoms with E-state index < -0.39 is 10.0 Å². The molecule has 2 fully saturated rings. The van der Waals surface area contributed by atoms with Gasteiger partial charge >= 0.3 is 0 Å². The predicted molar refractivity (Wildman–Crippen MR) is 119 cm³/mol. The van der Waals surface area contributed by atoms with Crippen LogP contribution >= 0.6 is 11.8 Å². The summed E-state index contributed by atoms with van der Waals surface area (Å²) in [5.74, 6) is 1.18. The second-order valence-corrected chi connectivity index (χ2v) is 10.4. The number of Topliss-reactive ketones (excluding diaryl/α,β-unsaturated/α-hetero) is 1. The molecule has 8 heteroatoms.